The topological polar surface area (TPSA) is 89.8 Å². The smallest absolute Gasteiger partial charge is 0.266 e. The lowest BCUT2D eigenvalue weighted by atomic mass is 10.1. The van der Waals surface area contributed by atoms with Crippen LogP contribution in [0.25, 0.3) is 6.08 Å². The third kappa shape index (κ3) is 7.68. The standard InChI is InChI=1S/C33H29BrN2O5/c1-22-9-7-8-12-28(22)36-33(37)26(19-35)15-25-16-27(34)32(31(18-25)39-3)41-21-24-13-14-29(30(17-24)38-2)40-20-23-10-5-4-6-11-23/h4-18H,20-21H2,1-3H3,(H,36,37)/b26-15-. The average Bonchev–Trinajstić information content (AvgIpc) is 2.99. The molecule has 4 rings (SSSR count). The van der Waals surface area contributed by atoms with Gasteiger partial charge in [-0.25, -0.2) is 0 Å². The summed E-state index contributed by atoms with van der Waals surface area (Å²) in [6.07, 6.45) is 1.50. The summed E-state index contributed by atoms with van der Waals surface area (Å²) in [5, 5.41) is 12.4. The normalized spacial score (nSPS) is 10.9. The van der Waals surface area contributed by atoms with E-state index in [1.165, 1.54) is 13.2 Å². The highest BCUT2D eigenvalue weighted by Crippen LogP contribution is 2.38. The van der Waals surface area contributed by atoms with E-state index >= 15 is 0 Å². The van der Waals surface area contributed by atoms with E-state index in [1.54, 1.807) is 25.3 Å². The number of halogens is 1. The van der Waals surface area contributed by atoms with Crippen molar-refractivity contribution in [3.05, 3.63) is 117 Å². The fourth-order valence-corrected chi connectivity index (χ4v) is 4.57. The fourth-order valence-electron chi connectivity index (χ4n) is 3.99. The molecule has 7 nitrogen and oxygen atoms in total. The summed E-state index contributed by atoms with van der Waals surface area (Å²) in [5.74, 6) is 1.66. The first-order valence-corrected chi connectivity index (χ1v) is 13.5. The van der Waals surface area contributed by atoms with E-state index < -0.39 is 5.91 Å². The second-order valence-corrected chi connectivity index (χ2v) is 9.88. The quantitative estimate of drug-likeness (QED) is 0.139. The number of ether oxygens (including phenoxy) is 4. The first kappa shape index (κ1) is 29.2. The van der Waals surface area contributed by atoms with Gasteiger partial charge in [0.15, 0.2) is 23.0 Å². The van der Waals surface area contributed by atoms with Gasteiger partial charge in [-0.15, -0.1) is 0 Å². The van der Waals surface area contributed by atoms with Gasteiger partial charge in [-0.3, -0.25) is 4.79 Å². The number of para-hydroxylation sites is 1. The predicted molar refractivity (Wildman–Crippen MR) is 162 cm³/mol. The van der Waals surface area contributed by atoms with E-state index in [-0.39, 0.29) is 12.2 Å². The Labute approximate surface area is 248 Å². The zero-order valence-electron chi connectivity index (χ0n) is 22.9. The number of hydrogen-bond donors (Lipinski definition) is 1. The number of benzene rings is 4. The summed E-state index contributed by atoms with van der Waals surface area (Å²) >= 11 is 3.54. The minimum absolute atomic E-state index is 0.0439. The highest BCUT2D eigenvalue weighted by atomic mass is 79.9. The monoisotopic (exact) mass is 612 g/mol. The van der Waals surface area contributed by atoms with Crippen molar-refractivity contribution in [3.8, 4) is 29.1 Å². The van der Waals surface area contributed by atoms with E-state index in [1.807, 2.05) is 79.7 Å². The molecule has 0 radical (unpaired) electrons. The Kier molecular flexibility index (Phi) is 10.0. The van der Waals surface area contributed by atoms with Crippen molar-refractivity contribution >= 4 is 33.6 Å². The SMILES string of the molecule is COc1cc(COc2c(Br)cc(/C=C(/C#N)C(=O)Nc3ccccc3C)cc2OC)ccc1OCc1ccccc1. The molecule has 0 fully saturated rings. The van der Waals surface area contributed by atoms with Crippen LogP contribution in [0.3, 0.4) is 0 Å². The number of amides is 1. The molecule has 41 heavy (non-hydrogen) atoms. The molecule has 4 aromatic carbocycles. The molecule has 0 bridgehead atoms. The van der Waals surface area contributed by atoms with Gasteiger partial charge in [-0.2, -0.15) is 5.26 Å². The summed E-state index contributed by atoms with van der Waals surface area (Å²) in [5.41, 5.74) is 4.03. The van der Waals surface area contributed by atoms with Gasteiger partial charge in [-0.1, -0.05) is 54.6 Å². The van der Waals surface area contributed by atoms with Gasteiger partial charge in [0.25, 0.3) is 5.91 Å². The van der Waals surface area contributed by atoms with Crippen molar-refractivity contribution in [1.82, 2.24) is 0 Å². The molecule has 1 N–H and O–H groups in total. The lowest BCUT2D eigenvalue weighted by molar-refractivity contribution is -0.112. The van der Waals surface area contributed by atoms with E-state index in [4.69, 9.17) is 18.9 Å². The Hall–Kier alpha value is -4.74. The van der Waals surface area contributed by atoms with E-state index in [2.05, 4.69) is 21.2 Å². The van der Waals surface area contributed by atoms with Crippen molar-refractivity contribution < 1.29 is 23.7 Å². The summed E-state index contributed by atoms with van der Waals surface area (Å²) in [7, 11) is 3.12. The Morgan fingerprint density at radius 2 is 1.56 bits per heavy atom. The van der Waals surface area contributed by atoms with Crippen LogP contribution in [-0.2, 0) is 18.0 Å². The first-order valence-electron chi connectivity index (χ1n) is 12.7. The molecule has 0 saturated heterocycles. The highest BCUT2D eigenvalue weighted by molar-refractivity contribution is 9.10. The molecule has 0 saturated carbocycles. The molecule has 0 aliphatic heterocycles. The zero-order valence-corrected chi connectivity index (χ0v) is 24.5. The van der Waals surface area contributed by atoms with E-state index in [0.29, 0.717) is 45.3 Å². The molecule has 8 heteroatoms. The van der Waals surface area contributed by atoms with Gasteiger partial charge >= 0.3 is 0 Å². The third-order valence-electron chi connectivity index (χ3n) is 6.17. The van der Waals surface area contributed by atoms with Gasteiger partial charge in [0.1, 0.15) is 24.9 Å². The van der Waals surface area contributed by atoms with Gasteiger partial charge in [0, 0.05) is 5.69 Å². The van der Waals surface area contributed by atoms with E-state index in [9.17, 15) is 10.1 Å². The van der Waals surface area contributed by atoms with Crippen LogP contribution in [0.2, 0.25) is 0 Å². The average molecular weight is 614 g/mol. The number of methoxy groups -OCH3 is 2. The Balaban J connectivity index is 1.47. The minimum Gasteiger partial charge on any atom is -0.493 e. The molecule has 0 unspecified atom stereocenters. The van der Waals surface area contributed by atoms with Crippen LogP contribution in [0, 0.1) is 18.3 Å². The molecule has 0 atom stereocenters. The molecule has 0 spiro atoms. The van der Waals surface area contributed by atoms with Gasteiger partial charge in [0.05, 0.1) is 18.7 Å². The van der Waals surface area contributed by atoms with Crippen LogP contribution in [-0.4, -0.2) is 20.1 Å². The number of nitriles is 1. The zero-order chi connectivity index (χ0) is 29.2. The summed E-state index contributed by atoms with van der Waals surface area (Å²) in [4.78, 5) is 12.8. The third-order valence-corrected chi connectivity index (χ3v) is 6.76. The van der Waals surface area contributed by atoms with Crippen LogP contribution in [0.5, 0.6) is 23.0 Å². The Bertz CT molecular complexity index is 1600. The van der Waals surface area contributed by atoms with Gasteiger partial charge < -0.3 is 24.3 Å². The van der Waals surface area contributed by atoms with Crippen molar-refractivity contribution in [2.24, 2.45) is 0 Å². The lowest BCUT2D eigenvalue weighted by Crippen LogP contribution is -2.14. The van der Waals surface area contributed by atoms with Crippen molar-refractivity contribution in [3.63, 3.8) is 0 Å². The van der Waals surface area contributed by atoms with Crippen molar-refractivity contribution in [2.75, 3.05) is 19.5 Å². The summed E-state index contributed by atoms with van der Waals surface area (Å²) < 4.78 is 23.8. The van der Waals surface area contributed by atoms with Crippen LogP contribution >= 0.6 is 15.9 Å². The number of aryl methyl sites for hydroxylation is 1. The molecule has 0 aromatic heterocycles. The Morgan fingerprint density at radius 3 is 2.27 bits per heavy atom. The van der Waals surface area contributed by atoms with Crippen molar-refractivity contribution in [1.29, 1.82) is 5.26 Å². The predicted octanol–water partition coefficient (Wildman–Crippen LogP) is 7.48. The Morgan fingerprint density at radius 1 is 0.854 bits per heavy atom. The van der Waals surface area contributed by atoms with E-state index in [0.717, 1.165) is 16.7 Å². The maximum absolute atomic E-state index is 12.8. The summed E-state index contributed by atoms with van der Waals surface area (Å²) in [6.45, 7) is 2.55. The fraction of sp³-hybridized carbons (Fsp3) is 0.152. The van der Waals surface area contributed by atoms with Crippen LogP contribution in [0.15, 0.2) is 95.0 Å². The maximum Gasteiger partial charge on any atom is 0.266 e. The molecule has 1 amide bonds. The molecular formula is C33H29BrN2O5. The number of anilines is 1. The second-order valence-electron chi connectivity index (χ2n) is 9.02. The molecule has 0 aliphatic carbocycles. The minimum atomic E-state index is -0.498. The molecule has 208 valence electrons. The highest BCUT2D eigenvalue weighted by Gasteiger charge is 2.15. The number of nitrogens with zero attached hydrogens (tertiary/aromatic N) is 1. The number of hydrogen-bond acceptors (Lipinski definition) is 6. The van der Waals surface area contributed by atoms with Crippen LogP contribution < -0.4 is 24.3 Å². The second kappa shape index (κ2) is 14.1. The molecule has 0 heterocycles. The largest absolute Gasteiger partial charge is 0.493 e. The first-order chi connectivity index (χ1) is 19.9. The van der Waals surface area contributed by atoms with Crippen LogP contribution in [0.1, 0.15) is 22.3 Å². The molecule has 0 aliphatic rings. The molecule has 4 aromatic rings. The number of rotatable bonds is 11. The number of carbonyl (C=O) groups excluding carboxylic acids is 1. The van der Waals surface area contributed by atoms with Crippen molar-refractivity contribution in [2.45, 2.75) is 20.1 Å². The van der Waals surface area contributed by atoms with Gasteiger partial charge in [0.2, 0.25) is 0 Å². The number of carbonyl (C=O) groups is 1. The summed E-state index contributed by atoms with van der Waals surface area (Å²) in [6, 6.07) is 28.4. The maximum atomic E-state index is 12.8. The van der Waals surface area contributed by atoms with Gasteiger partial charge in [-0.05, 0) is 81.5 Å². The molecular weight excluding hydrogens is 584 g/mol. The van der Waals surface area contributed by atoms with Crippen LogP contribution in [0.4, 0.5) is 5.69 Å². The lowest BCUT2D eigenvalue weighted by Gasteiger charge is -2.15. The number of nitrogens with one attached hydrogen (secondary N) is 1.